The maximum absolute atomic E-state index is 11.0. The molecule has 0 unspecified atom stereocenters. The predicted octanol–water partition coefficient (Wildman–Crippen LogP) is 1.35. The molecule has 1 atom stereocenters. The van der Waals surface area contributed by atoms with Crippen molar-refractivity contribution in [1.82, 2.24) is 0 Å². The summed E-state index contributed by atoms with van der Waals surface area (Å²) in [6.07, 6.45) is 1.30. The summed E-state index contributed by atoms with van der Waals surface area (Å²) in [6.45, 7) is 1.29. The van der Waals surface area contributed by atoms with E-state index in [-0.39, 0.29) is 35.6 Å². The molecule has 1 fully saturated rings. The molecule has 18 heavy (non-hydrogen) atoms. The van der Waals surface area contributed by atoms with Crippen LogP contribution in [0, 0.1) is 0 Å². The van der Waals surface area contributed by atoms with Crippen LogP contribution in [-0.2, 0) is 0 Å². The van der Waals surface area contributed by atoms with Crippen molar-refractivity contribution in [3.8, 4) is 0 Å². The Morgan fingerprint density at radius 2 is 2.17 bits per heavy atom. The molecule has 1 saturated heterocycles. The fraction of sp³-hybridized carbons (Fsp3) is 0.417. The first-order chi connectivity index (χ1) is 8.09. The van der Waals surface area contributed by atoms with Crippen LogP contribution in [0.25, 0.3) is 0 Å². The molecule has 0 aromatic heterocycles. The van der Waals surface area contributed by atoms with Gasteiger partial charge in [-0.2, -0.15) is 0 Å². The molecule has 2 N–H and O–H groups in total. The van der Waals surface area contributed by atoms with Crippen molar-refractivity contribution in [1.29, 1.82) is 0 Å². The summed E-state index contributed by atoms with van der Waals surface area (Å²) >= 11 is 6.08. The van der Waals surface area contributed by atoms with E-state index >= 15 is 0 Å². The molecule has 1 aromatic carbocycles. The number of halogens is 1. The van der Waals surface area contributed by atoms with Crippen LogP contribution >= 0.6 is 11.6 Å². The number of nitrogens with zero attached hydrogens (tertiary/aromatic N) is 1. The number of aliphatic hydroxyl groups excluding tert-OH is 1. The van der Waals surface area contributed by atoms with Crippen LogP contribution in [0.2, 0.25) is 5.02 Å². The van der Waals surface area contributed by atoms with Gasteiger partial charge in [-0.25, -0.2) is 4.79 Å². The number of β-amino-alcohol motifs (C(OH)–C–C–N with tert-alkyl or cyclic N) is 1. The Hall–Kier alpha value is -0.663. The molecule has 0 saturated carbocycles. The summed E-state index contributed by atoms with van der Waals surface area (Å²) in [4.78, 5) is 12.9. The molecule has 0 amide bonds. The van der Waals surface area contributed by atoms with E-state index < -0.39 is 5.97 Å². The number of carboxylic acids is 1. The second kappa shape index (κ2) is 6.49. The van der Waals surface area contributed by atoms with Crippen molar-refractivity contribution in [2.75, 3.05) is 18.0 Å². The summed E-state index contributed by atoms with van der Waals surface area (Å²) in [5.74, 6) is -1.03. The molecule has 1 aliphatic heterocycles. The Balaban J connectivity index is 0.00000162. The van der Waals surface area contributed by atoms with E-state index in [1.165, 1.54) is 6.07 Å². The maximum atomic E-state index is 11.0. The summed E-state index contributed by atoms with van der Waals surface area (Å²) < 4.78 is 0. The van der Waals surface area contributed by atoms with Crippen LogP contribution in [0.4, 0.5) is 5.69 Å². The van der Waals surface area contributed by atoms with E-state index in [9.17, 15) is 9.90 Å². The molecule has 6 heteroatoms. The Bertz CT molecular complexity index is 441. The van der Waals surface area contributed by atoms with Gasteiger partial charge in [-0.3, -0.25) is 0 Å². The van der Waals surface area contributed by atoms with Crippen LogP contribution in [0.5, 0.6) is 0 Å². The monoisotopic (exact) mass is 263 g/mol. The van der Waals surface area contributed by atoms with Gasteiger partial charge in [0.25, 0.3) is 0 Å². The SMILES string of the molecule is O=C(O)c1cccc(N2CCC[C@H](O)C2)c1Cl.[LiH]. The zero-order chi connectivity index (χ0) is 12.4. The minimum atomic E-state index is -1.03. The number of aliphatic hydroxyl groups is 1. The summed E-state index contributed by atoms with van der Waals surface area (Å²) in [5, 5.41) is 18.8. The van der Waals surface area contributed by atoms with Gasteiger partial charge >= 0.3 is 24.8 Å². The average molecular weight is 264 g/mol. The molecule has 0 bridgehead atoms. The number of piperidine rings is 1. The molecule has 1 aromatic rings. The fourth-order valence-electron chi connectivity index (χ4n) is 2.10. The first-order valence-electron chi connectivity index (χ1n) is 5.54. The number of carboxylic acid groups (broad SMARTS) is 1. The Kier molecular flexibility index (Phi) is 5.55. The second-order valence-electron chi connectivity index (χ2n) is 4.19. The van der Waals surface area contributed by atoms with Gasteiger partial charge in [-0.05, 0) is 25.0 Å². The molecule has 0 aliphatic carbocycles. The number of benzene rings is 1. The van der Waals surface area contributed by atoms with Crippen LogP contribution in [0.15, 0.2) is 18.2 Å². The summed E-state index contributed by atoms with van der Waals surface area (Å²) in [7, 11) is 0. The van der Waals surface area contributed by atoms with Crippen LogP contribution in [0.3, 0.4) is 0 Å². The van der Waals surface area contributed by atoms with Gasteiger partial charge in [0.2, 0.25) is 0 Å². The normalized spacial score (nSPS) is 19.2. The van der Waals surface area contributed by atoms with E-state index in [1.807, 2.05) is 4.90 Å². The molecule has 2 rings (SSSR count). The predicted molar refractivity (Wildman–Crippen MR) is 73.0 cm³/mol. The molecular formula is C12H15ClLiNO3. The van der Waals surface area contributed by atoms with Crippen molar-refractivity contribution in [3.63, 3.8) is 0 Å². The van der Waals surface area contributed by atoms with Gasteiger partial charge in [0, 0.05) is 13.1 Å². The average Bonchev–Trinajstić information content (AvgIpc) is 2.29. The quantitative estimate of drug-likeness (QED) is 0.791. The third-order valence-corrected chi connectivity index (χ3v) is 3.34. The van der Waals surface area contributed by atoms with E-state index in [4.69, 9.17) is 16.7 Å². The molecule has 1 aliphatic rings. The van der Waals surface area contributed by atoms with Crippen molar-refractivity contribution < 1.29 is 15.0 Å². The molecule has 4 nitrogen and oxygen atoms in total. The first kappa shape index (κ1) is 15.4. The summed E-state index contributed by atoms with van der Waals surface area (Å²) in [5.41, 5.74) is 0.787. The van der Waals surface area contributed by atoms with Gasteiger partial charge in [-0.15, -0.1) is 0 Å². The van der Waals surface area contributed by atoms with Crippen molar-refractivity contribution in [2.24, 2.45) is 0 Å². The van der Waals surface area contributed by atoms with Crippen molar-refractivity contribution >= 4 is 42.1 Å². The number of rotatable bonds is 2. The molecule has 1 heterocycles. The number of hydrogen-bond donors (Lipinski definition) is 2. The molecule has 0 radical (unpaired) electrons. The van der Waals surface area contributed by atoms with Gasteiger partial charge in [0.15, 0.2) is 0 Å². The number of hydrogen-bond acceptors (Lipinski definition) is 3. The van der Waals surface area contributed by atoms with Crippen molar-refractivity contribution in [2.45, 2.75) is 18.9 Å². The number of anilines is 1. The minimum absolute atomic E-state index is 0. The standard InChI is InChI=1S/C12H14ClNO3.Li.H/c13-11-9(12(16)17)4-1-5-10(11)14-6-2-3-8(15)7-14;;/h1,4-5,8,15H,2-3,6-7H2,(H,16,17);;/t8-;;/m0../s1. The third kappa shape index (κ3) is 3.21. The van der Waals surface area contributed by atoms with Gasteiger partial charge in [0.1, 0.15) is 0 Å². The van der Waals surface area contributed by atoms with Crippen LogP contribution in [0.1, 0.15) is 23.2 Å². The van der Waals surface area contributed by atoms with Crippen molar-refractivity contribution in [3.05, 3.63) is 28.8 Å². The Labute approximate surface area is 123 Å². The molecular weight excluding hydrogens is 249 g/mol. The number of carbonyl (C=O) groups is 1. The molecule has 0 spiro atoms. The van der Waals surface area contributed by atoms with Crippen LogP contribution < -0.4 is 4.90 Å². The van der Waals surface area contributed by atoms with Gasteiger partial charge < -0.3 is 15.1 Å². The zero-order valence-corrected chi connectivity index (χ0v) is 10.0. The third-order valence-electron chi connectivity index (χ3n) is 2.95. The van der Waals surface area contributed by atoms with E-state index in [1.54, 1.807) is 12.1 Å². The Morgan fingerprint density at radius 1 is 1.44 bits per heavy atom. The number of aromatic carboxylic acids is 1. The van der Waals surface area contributed by atoms with E-state index in [0.717, 1.165) is 19.4 Å². The fourth-order valence-corrected chi connectivity index (χ4v) is 2.43. The second-order valence-corrected chi connectivity index (χ2v) is 4.56. The summed E-state index contributed by atoms with van der Waals surface area (Å²) in [6, 6.07) is 4.94. The van der Waals surface area contributed by atoms with Crippen LogP contribution in [-0.4, -0.2) is 54.2 Å². The zero-order valence-electron chi connectivity index (χ0n) is 9.27. The van der Waals surface area contributed by atoms with E-state index in [2.05, 4.69) is 0 Å². The Morgan fingerprint density at radius 3 is 2.78 bits per heavy atom. The molecule has 94 valence electrons. The van der Waals surface area contributed by atoms with Gasteiger partial charge in [0.05, 0.1) is 22.4 Å². The van der Waals surface area contributed by atoms with Gasteiger partial charge in [-0.1, -0.05) is 17.7 Å². The first-order valence-corrected chi connectivity index (χ1v) is 5.92. The topological polar surface area (TPSA) is 60.8 Å². The van der Waals surface area contributed by atoms with E-state index in [0.29, 0.717) is 12.2 Å².